The van der Waals surface area contributed by atoms with E-state index in [0.29, 0.717) is 12.3 Å². The fourth-order valence-electron chi connectivity index (χ4n) is 3.89. The van der Waals surface area contributed by atoms with Crippen molar-refractivity contribution >= 4 is 38.9 Å². The molecule has 2 atom stereocenters. The molecule has 2 aromatic rings. The summed E-state index contributed by atoms with van der Waals surface area (Å²) in [5.74, 6) is -0.435. The maximum Gasteiger partial charge on any atom is 0.230 e. The van der Waals surface area contributed by atoms with Crippen LogP contribution in [0.15, 0.2) is 47.4 Å². The number of hydrogen-bond acceptors (Lipinski definition) is 5. The molecule has 1 saturated heterocycles. The van der Waals surface area contributed by atoms with Gasteiger partial charge in [-0.3, -0.25) is 9.59 Å². The Balaban J connectivity index is 1.93. The summed E-state index contributed by atoms with van der Waals surface area (Å²) >= 11 is 6.21. The lowest BCUT2D eigenvalue weighted by Crippen LogP contribution is -2.33. The van der Waals surface area contributed by atoms with Gasteiger partial charge in [-0.25, -0.2) is 8.42 Å². The van der Waals surface area contributed by atoms with Gasteiger partial charge in [0, 0.05) is 19.2 Å². The third-order valence-corrected chi connectivity index (χ3v) is 7.04. The maximum absolute atomic E-state index is 13.3. The van der Waals surface area contributed by atoms with Crippen molar-refractivity contribution in [3.8, 4) is 5.75 Å². The van der Waals surface area contributed by atoms with E-state index in [-0.39, 0.29) is 33.8 Å². The summed E-state index contributed by atoms with van der Waals surface area (Å²) in [5, 5.41) is 2.97. The standard InChI is InChI=1S/C23H27ClN2O5S/c1-4-5-12-26-21(27)14-18(22(26)15-6-8-16(31-2)9-7-15)23(28)25-20-13-17(32(3,29)30)10-11-19(20)24/h6-11,13,18,22H,4-5,12,14H2,1-3H3,(H,25,28). The Morgan fingerprint density at radius 3 is 2.50 bits per heavy atom. The molecule has 1 aliphatic heterocycles. The molecule has 2 aromatic carbocycles. The second-order valence-electron chi connectivity index (χ2n) is 7.87. The van der Waals surface area contributed by atoms with Gasteiger partial charge in [0.1, 0.15) is 5.75 Å². The SMILES string of the molecule is CCCCN1C(=O)CC(C(=O)Nc2cc(S(C)(=O)=O)ccc2Cl)C1c1ccc(OC)cc1. The zero-order chi connectivity index (χ0) is 23.5. The Hall–Kier alpha value is -2.58. The molecule has 172 valence electrons. The van der Waals surface area contributed by atoms with Gasteiger partial charge in [-0.1, -0.05) is 37.1 Å². The van der Waals surface area contributed by atoms with Gasteiger partial charge < -0.3 is 15.0 Å². The molecule has 0 aliphatic carbocycles. The monoisotopic (exact) mass is 478 g/mol. The minimum Gasteiger partial charge on any atom is -0.497 e. The Kier molecular flexibility index (Phi) is 7.46. The molecule has 3 rings (SSSR count). The van der Waals surface area contributed by atoms with Crippen LogP contribution in [0.25, 0.3) is 0 Å². The van der Waals surface area contributed by atoms with E-state index in [4.69, 9.17) is 16.3 Å². The van der Waals surface area contributed by atoms with Crippen molar-refractivity contribution in [1.29, 1.82) is 0 Å². The quantitative estimate of drug-likeness (QED) is 0.617. The second kappa shape index (κ2) is 9.92. The number of amides is 2. The predicted molar refractivity (Wildman–Crippen MR) is 124 cm³/mol. The van der Waals surface area contributed by atoms with Crippen molar-refractivity contribution in [1.82, 2.24) is 4.90 Å². The van der Waals surface area contributed by atoms with Crippen LogP contribution in [0, 0.1) is 5.92 Å². The smallest absolute Gasteiger partial charge is 0.230 e. The van der Waals surface area contributed by atoms with Crippen LogP contribution in [0.2, 0.25) is 5.02 Å². The number of carbonyl (C=O) groups excluding carboxylic acids is 2. The molecular formula is C23H27ClN2O5S. The number of nitrogens with zero attached hydrogens (tertiary/aromatic N) is 1. The molecule has 1 N–H and O–H groups in total. The molecule has 2 amide bonds. The molecule has 1 fully saturated rings. The number of carbonyl (C=O) groups is 2. The van der Waals surface area contributed by atoms with Gasteiger partial charge >= 0.3 is 0 Å². The molecule has 0 bridgehead atoms. The van der Waals surface area contributed by atoms with Crippen LogP contribution in [0.5, 0.6) is 5.75 Å². The summed E-state index contributed by atoms with van der Waals surface area (Å²) in [5.41, 5.74) is 1.04. The van der Waals surface area contributed by atoms with Crippen molar-refractivity contribution in [3.63, 3.8) is 0 Å². The lowest BCUT2D eigenvalue weighted by Gasteiger charge is -2.28. The van der Waals surface area contributed by atoms with Gasteiger partial charge in [0.25, 0.3) is 0 Å². The van der Waals surface area contributed by atoms with Crippen molar-refractivity contribution in [2.24, 2.45) is 5.92 Å². The first kappa shape index (κ1) is 24.1. The van der Waals surface area contributed by atoms with Gasteiger partial charge in [0.2, 0.25) is 11.8 Å². The number of ether oxygens (including phenoxy) is 1. The largest absolute Gasteiger partial charge is 0.497 e. The molecular weight excluding hydrogens is 452 g/mol. The molecule has 0 saturated carbocycles. The highest BCUT2D eigenvalue weighted by Gasteiger charge is 2.44. The van der Waals surface area contributed by atoms with Gasteiger partial charge in [0.15, 0.2) is 9.84 Å². The van der Waals surface area contributed by atoms with Crippen LogP contribution in [0.3, 0.4) is 0 Å². The highest BCUT2D eigenvalue weighted by molar-refractivity contribution is 7.90. The van der Waals surface area contributed by atoms with Crippen molar-refractivity contribution in [2.45, 2.75) is 37.1 Å². The number of benzene rings is 2. The van der Waals surface area contributed by atoms with Crippen LogP contribution < -0.4 is 10.1 Å². The first-order chi connectivity index (χ1) is 15.2. The van der Waals surface area contributed by atoms with Crippen LogP contribution >= 0.6 is 11.6 Å². The summed E-state index contributed by atoms with van der Waals surface area (Å²) in [7, 11) is -1.89. The van der Waals surface area contributed by atoms with Crippen LogP contribution in [0.4, 0.5) is 5.69 Å². The van der Waals surface area contributed by atoms with Gasteiger partial charge in [0.05, 0.1) is 34.7 Å². The number of methoxy groups -OCH3 is 1. The summed E-state index contributed by atoms with van der Waals surface area (Å²) < 4.78 is 29.0. The second-order valence-corrected chi connectivity index (χ2v) is 10.3. The van der Waals surface area contributed by atoms with E-state index >= 15 is 0 Å². The molecule has 0 radical (unpaired) electrons. The number of hydrogen-bond donors (Lipinski definition) is 1. The minimum atomic E-state index is -3.47. The number of halogens is 1. The lowest BCUT2D eigenvalue weighted by atomic mass is 9.92. The maximum atomic E-state index is 13.3. The summed E-state index contributed by atoms with van der Waals surface area (Å²) in [6, 6.07) is 11.0. The normalized spacial score (nSPS) is 18.6. The molecule has 7 nitrogen and oxygen atoms in total. The number of rotatable bonds is 8. The Morgan fingerprint density at radius 2 is 1.91 bits per heavy atom. The number of likely N-dealkylation sites (tertiary alicyclic amines) is 1. The van der Waals surface area contributed by atoms with Crippen molar-refractivity contribution < 1.29 is 22.7 Å². The molecule has 1 heterocycles. The zero-order valence-corrected chi connectivity index (χ0v) is 19.9. The van der Waals surface area contributed by atoms with E-state index in [2.05, 4.69) is 5.32 Å². The first-order valence-corrected chi connectivity index (χ1v) is 12.7. The molecule has 9 heteroatoms. The topological polar surface area (TPSA) is 92.8 Å². The number of unbranched alkanes of at least 4 members (excludes halogenated alkanes) is 1. The third-order valence-electron chi connectivity index (χ3n) is 5.60. The van der Waals surface area contributed by atoms with E-state index < -0.39 is 21.8 Å². The van der Waals surface area contributed by atoms with E-state index in [0.717, 1.165) is 24.7 Å². The van der Waals surface area contributed by atoms with E-state index in [1.54, 1.807) is 24.1 Å². The molecule has 2 unspecified atom stereocenters. The summed E-state index contributed by atoms with van der Waals surface area (Å²) in [6.07, 6.45) is 2.90. The molecule has 32 heavy (non-hydrogen) atoms. The predicted octanol–water partition coefficient (Wildman–Crippen LogP) is 4.08. The average molecular weight is 479 g/mol. The van der Waals surface area contributed by atoms with Gasteiger partial charge in [-0.2, -0.15) is 0 Å². The number of anilines is 1. The highest BCUT2D eigenvalue weighted by Crippen LogP contribution is 2.40. The summed E-state index contributed by atoms with van der Waals surface area (Å²) in [4.78, 5) is 27.9. The first-order valence-electron chi connectivity index (χ1n) is 10.4. The fraction of sp³-hybridized carbons (Fsp3) is 0.391. The fourth-order valence-corrected chi connectivity index (χ4v) is 4.70. The summed E-state index contributed by atoms with van der Waals surface area (Å²) in [6.45, 7) is 2.60. The molecule has 0 aromatic heterocycles. The highest BCUT2D eigenvalue weighted by atomic mass is 35.5. The average Bonchev–Trinajstić information content (AvgIpc) is 3.09. The van der Waals surface area contributed by atoms with Crippen LogP contribution in [-0.2, 0) is 19.4 Å². The Morgan fingerprint density at radius 1 is 1.22 bits per heavy atom. The molecule has 1 aliphatic rings. The van der Waals surface area contributed by atoms with E-state index in [9.17, 15) is 18.0 Å². The van der Waals surface area contributed by atoms with Gasteiger partial charge in [-0.15, -0.1) is 0 Å². The van der Waals surface area contributed by atoms with E-state index in [1.807, 2.05) is 19.1 Å². The molecule has 0 spiro atoms. The van der Waals surface area contributed by atoms with Crippen LogP contribution in [0.1, 0.15) is 37.8 Å². The number of sulfone groups is 1. The number of nitrogens with one attached hydrogen (secondary N) is 1. The Bertz CT molecular complexity index is 1100. The van der Waals surface area contributed by atoms with Crippen molar-refractivity contribution in [2.75, 3.05) is 25.2 Å². The van der Waals surface area contributed by atoms with Gasteiger partial charge in [-0.05, 0) is 42.3 Å². The zero-order valence-electron chi connectivity index (χ0n) is 18.3. The van der Waals surface area contributed by atoms with E-state index in [1.165, 1.54) is 18.2 Å². The lowest BCUT2D eigenvalue weighted by molar-refractivity contribution is -0.129. The Labute approximate surface area is 193 Å². The third kappa shape index (κ3) is 5.24. The van der Waals surface area contributed by atoms with Crippen LogP contribution in [-0.4, -0.2) is 45.0 Å². The van der Waals surface area contributed by atoms with Crippen molar-refractivity contribution in [3.05, 3.63) is 53.1 Å². The minimum absolute atomic E-state index is 0.0518.